The summed E-state index contributed by atoms with van der Waals surface area (Å²) in [5.74, 6) is 0. The molecule has 9 rings (SSSR count). The van der Waals surface area contributed by atoms with Crippen molar-refractivity contribution in [1.29, 1.82) is 0 Å². The van der Waals surface area contributed by atoms with Gasteiger partial charge in [-0.25, -0.2) is 9.97 Å². The molecule has 1 aromatic heterocycles. The van der Waals surface area contributed by atoms with Crippen molar-refractivity contribution in [2.75, 3.05) is 9.80 Å². The molecule has 0 unspecified atom stereocenters. The Labute approximate surface area is 332 Å². The molecule has 6 aromatic carbocycles. The second-order valence-corrected chi connectivity index (χ2v) is 17.1. The first-order valence-corrected chi connectivity index (χ1v) is 19.9. The maximum absolute atomic E-state index is 5.69. The van der Waals surface area contributed by atoms with E-state index in [1.54, 1.807) is 0 Å². The van der Waals surface area contributed by atoms with Crippen LogP contribution in [0.25, 0.3) is 22.5 Å². The third-order valence-electron chi connectivity index (χ3n) is 12.5. The summed E-state index contributed by atoms with van der Waals surface area (Å²) in [6.45, 7) is 22.6. The Bertz CT molecular complexity index is 2460. The fourth-order valence-electron chi connectivity index (χ4n) is 9.39. The van der Waals surface area contributed by atoms with Gasteiger partial charge in [0.1, 0.15) is 0 Å². The highest BCUT2D eigenvalue weighted by Gasteiger charge is 2.46. The number of benzene rings is 6. The Hall–Kier alpha value is -6.00. The van der Waals surface area contributed by atoms with Gasteiger partial charge in [0.25, 0.3) is 0 Å². The van der Waals surface area contributed by atoms with Gasteiger partial charge in [0.15, 0.2) is 0 Å². The molecule has 0 fully saturated rings. The van der Waals surface area contributed by atoms with Gasteiger partial charge in [0, 0.05) is 56.1 Å². The summed E-state index contributed by atoms with van der Waals surface area (Å²) in [5, 5.41) is 0. The van der Waals surface area contributed by atoms with Crippen LogP contribution < -0.4 is 9.80 Å². The van der Waals surface area contributed by atoms with E-state index in [4.69, 9.17) is 9.97 Å². The van der Waals surface area contributed by atoms with Crippen LogP contribution in [0.15, 0.2) is 121 Å². The van der Waals surface area contributed by atoms with Gasteiger partial charge < -0.3 is 9.80 Å². The molecule has 0 saturated carbocycles. The fourth-order valence-corrected chi connectivity index (χ4v) is 9.39. The van der Waals surface area contributed by atoms with Crippen molar-refractivity contribution < 1.29 is 0 Å². The van der Waals surface area contributed by atoms with Crippen molar-refractivity contribution in [3.63, 3.8) is 0 Å². The number of fused-ring (bicyclic) bond motifs is 6. The van der Waals surface area contributed by atoms with Gasteiger partial charge in [0.2, 0.25) is 0 Å². The van der Waals surface area contributed by atoms with Crippen LogP contribution in [-0.4, -0.2) is 9.97 Å². The fraction of sp³-hybridized carbons (Fsp3) is 0.231. The molecule has 7 aromatic rings. The minimum absolute atomic E-state index is 0.357. The first-order chi connectivity index (χ1) is 26.8. The molecule has 0 radical (unpaired) electrons. The number of hydrogen-bond acceptors (Lipinski definition) is 4. The van der Waals surface area contributed by atoms with Gasteiger partial charge >= 0.3 is 0 Å². The Morgan fingerprint density at radius 2 is 0.661 bits per heavy atom. The largest absolute Gasteiger partial charge is 0.310 e. The highest BCUT2D eigenvalue weighted by molar-refractivity contribution is 5.90. The molecule has 1 heterocycles. The number of rotatable bonds is 6. The molecule has 0 spiro atoms. The third-order valence-corrected chi connectivity index (χ3v) is 12.5. The molecule has 278 valence electrons. The van der Waals surface area contributed by atoms with E-state index in [1.165, 1.54) is 78.4 Å². The van der Waals surface area contributed by atoms with Crippen LogP contribution in [0.2, 0.25) is 0 Å². The van der Waals surface area contributed by atoms with Gasteiger partial charge in [-0.05, 0) is 135 Å². The van der Waals surface area contributed by atoms with Crippen molar-refractivity contribution in [1.82, 2.24) is 9.97 Å². The van der Waals surface area contributed by atoms with Crippen molar-refractivity contribution >= 4 is 34.1 Å². The van der Waals surface area contributed by atoms with Crippen molar-refractivity contribution in [2.24, 2.45) is 0 Å². The van der Waals surface area contributed by atoms with Crippen LogP contribution in [0.3, 0.4) is 0 Å². The highest BCUT2D eigenvalue weighted by Crippen LogP contribution is 2.56. The normalized spacial score (nSPS) is 14.2. The molecule has 56 heavy (non-hydrogen) atoms. The maximum Gasteiger partial charge on any atom is 0.0936 e. The molecule has 2 aliphatic carbocycles. The smallest absolute Gasteiger partial charge is 0.0936 e. The maximum atomic E-state index is 5.69. The number of para-hydroxylation sites is 4. The lowest BCUT2D eigenvalue weighted by atomic mass is 9.84. The van der Waals surface area contributed by atoms with E-state index in [0.29, 0.717) is 0 Å². The Morgan fingerprint density at radius 3 is 0.946 bits per heavy atom. The summed E-state index contributed by atoms with van der Waals surface area (Å²) in [5.41, 5.74) is 22.8. The zero-order chi connectivity index (χ0) is 39.3. The minimum Gasteiger partial charge on any atom is -0.310 e. The minimum atomic E-state index is -0.357. The topological polar surface area (TPSA) is 32.3 Å². The Morgan fingerprint density at radius 1 is 0.375 bits per heavy atom. The molecule has 4 heteroatoms. The van der Waals surface area contributed by atoms with E-state index in [0.717, 1.165) is 34.2 Å². The van der Waals surface area contributed by atoms with E-state index >= 15 is 0 Å². The first-order valence-electron chi connectivity index (χ1n) is 19.9. The summed E-state index contributed by atoms with van der Waals surface area (Å²) in [4.78, 5) is 16.2. The lowest BCUT2D eigenvalue weighted by Gasteiger charge is -2.30. The lowest BCUT2D eigenvalue weighted by molar-refractivity contribution is 0.617. The van der Waals surface area contributed by atoms with Gasteiger partial charge in [-0.3, -0.25) is 0 Å². The molecule has 4 nitrogen and oxygen atoms in total. The number of aromatic nitrogens is 2. The SMILES string of the molecule is Cc1ccccc1N(c1cc(C)c2c(c1)C(C)(C)c1nc3c(nc1-2)C(C)(C)c1cc(N(c2ccccc2C)c2ccccc2C)cc(C)c1-3)c1ccccc1C. The van der Waals surface area contributed by atoms with Crippen molar-refractivity contribution in [3.05, 3.63) is 177 Å². The monoisotopic (exact) mass is 730 g/mol. The molecule has 0 saturated heterocycles. The molecule has 0 bridgehead atoms. The second-order valence-electron chi connectivity index (χ2n) is 17.1. The predicted octanol–water partition coefficient (Wildman–Crippen LogP) is 13.9. The third kappa shape index (κ3) is 5.26. The quantitative estimate of drug-likeness (QED) is 0.171. The van der Waals surface area contributed by atoms with Crippen molar-refractivity contribution in [2.45, 2.75) is 80.1 Å². The summed E-state index contributed by atoms with van der Waals surface area (Å²) in [6.07, 6.45) is 0. The zero-order valence-electron chi connectivity index (χ0n) is 34.3. The highest BCUT2D eigenvalue weighted by atomic mass is 15.2. The predicted molar refractivity (Wildman–Crippen MR) is 235 cm³/mol. The van der Waals surface area contributed by atoms with Crippen LogP contribution in [0, 0.1) is 41.5 Å². The average molecular weight is 731 g/mol. The molecule has 2 aliphatic rings. The molecule has 0 atom stereocenters. The second kappa shape index (κ2) is 12.8. The van der Waals surface area contributed by atoms with Crippen molar-refractivity contribution in [3.8, 4) is 22.5 Å². The molecule has 0 N–H and O–H groups in total. The van der Waals surface area contributed by atoms with E-state index in [-0.39, 0.29) is 10.8 Å². The summed E-state index contributed by atoms with van der Waals surface area (Å²) < 4.78 is 0. The van der Waals surface area contributed by atoms with Crippen LogP contribution in [0.1, 0.15) is 83.6 Å². The standard InChI is InChI=1S/C52H50N4/c1-31-19-11-15-23-41(31)55(42-24-16-12-20-32(42)2)37-27-35(5)45-39(29-37)51(7,8)49-47(45)53-50-48(54-49)46-36(6)28-38(30-40(46)52(50,9)10)56(43-25-17-13-21-33(43)3)44-26-18-14-22-34(44)4/h11-30H,1-10H3. The summed E-state index contributed by atoms with van der Waals surface area (Å²) >= 11 is 0. The van der Waals surface area contributed by atoms with Crippen LogP contribution in [0.4, 0.5) is 34.1 Å². The van der Waals surface area contributed by atoms with E-state index in [1.807, 2.05) is 0 Å². The molecular weight excluding hydrogens is 681 g/mol. The van der Waals surface area contributed by atoms with E-state index < -0.39 is 0 Å². The van der Waals surface area contributed by atoms with Gasteiger partial charge in [-0.15, -0.1) is 0 Å². The van der Waals surface area contributed by atoms with Gasteiger partial charge in [-0.2, -0.15) is 0 Å². The molecule has 0 aliphatic heterocycles. The van der Waals surface area contributed by atoms with Crippen LogP contribution >= 0.6 is 0 Å². The Kier molecular flexibility index (Phi) is 8.14. The lowest BCUT2D eigenvalue weighted by Crippen LogP contribution is -2.21. The van der Waals surface area contributed by atoms with Crippen LogP contribution in [0.5, 0.6) is 0 Å². The van der Waals surface area contributed by atoms with Gasteiger partial charge in [-0.1, -0.05) is 100 Å². The van der Waals surface area contributed by atoms with Crippen LogP contribution in [-0.2, 0) is 10.8 Å². The number of aryl methyl sites for hydroxylation is 6. The summed E-state index contributed by atoms with van der Waals surface area (Å²) in [6, 6.07) is 44.2. The number of nitrogens with zero attached hydrogens (tertiary/aromatic N) is 4. The molecule has 0 amide bonds. The summed E-state index contributed by atoms with van der Waals surface area (Å²) in [7, 11) is 0. The van der Waals surface area contributed by atoms with Gasteiger partial charge in [0.05, 0.1) is 22.8 Å². The average Bonchev–Trinajstić information content (AvgIpc) is 3.53. The number of anilines is 6. The number of hydrogen-bond donors (Lipinski definition) is 0. The van der Waals surface area contributed by atoms with E-state index in [9.17, 15) is 0 Å². The van der Waals surface area contributed by atoms with E-state index in [2.05, 4.69) is 200 Å². The first kappa shape index (κ1) is 35.7. The molecular formula is C52H50N4. The zero-order valence-corrected chi connectivity index (χ0v) is 34.3. The Balaban J connectivity index is 1.20.